The highest BCUT2D eigenvalue weighted by Crippen LogP contribution is 2.43. The summed E-state index contributed by atoms with van der Waals surface area (Å²) in [5.74, 6) is -1.02. The van der Waals surface area contributed by atoms with Crippen molar-refractivity contribution >= 4 is 69.5 Å². The van der Waals surface area contributed by atoms with Gasteiger partial charge in [-0.15, -0.1) is 34.0 Å². The van der Waals surface area contributed by atoms with Crippen LogP contribution in [0.25, 0.3) is 71.2 Å². The van der Waals surface area contributed by atoms with E-state index >= 15 is 0 Å². The van der Waals surface area contributed by atoms with E-state index in [4.69, 9.17) is 0 Å². The molecule has 0 aliphatic heterocycles. The van der Waals surface area contributed by atoms with E-state index in [1.807, 2.05) is 13.8 Å². The van der Waals surface area contributed by atoms with Gasteiger partial charge in [0.25, 0.3) is 35.4 Å². The lowest BCUT2D eigenvalue weighted by Gasteiger charge is -2.15. The van der Waals surface area contributed by atoms with E-state index in [2.05, 4.69) is 30.6 Å². The molecule has 0 spiro atoms. The van der Waals surface area contributed by atoms with Gasteiger partial charge in [-0.05, 0) is 165 Å². The summed E-state index contributed by atoms with van der Waals surface area (Å²) in [7, 11) is 19.6. The zero-order valence-corrected chi connectivity index (χ0v) is 81.3. The van der Waals surface area contributed by atoms with Crippen molar-refractivity contribution in [2.45, 2.75) is 148 Å². The number of para-hydroxylation sites is 1. The van der Waals surface area contributed by atoms with Gasteiger partial charge in [0, 0.05) is 139 Å². The lowest BCUT2D eigenvalue weighted by atomic mass is 10.1. The molecule has 0 bridgehead atoms. The molecule has 13 aromatic rings. The lowest BCUT2D eigenvalue weighted by molar-refractivity contribution is -0.145. The summed E-state index contributed by atoms with van der Waals surface area (Å²) in [4.78, 5) is 83.1. The van der Waals surface area contributed by atoms with Crippen molar-refractivity contribution < 1.29 is 108 Å². The van der Waals surface area contributed by atoms with Crippen molar-refractivity contribution in [3.05, 3.63) is 241 Å². The largest absolute Gasteiger partial charge is 0.435 e. The van der Waals surface area contributed by atoms with Crippen molar-refractivity contribution in [3.8, 4) is 71.2 Å². The molecule has 9 aromatic heterocycles. The average molecular weight is 2030 g/mol. The van der Waals surface area contributed by atoms with Gasteiger partial charge in [-0.2, -0.15) is 110 Å². The minimum atomic E-state index is -4.55. The molecule has 0 unspecified atom stereocenters. The number of carbonyl (C=O) groups excluding carboxylic acids is 6. The number of nitrogens with zero attached hydrogens (tertiary/aromatic N) is 18. The van der Waals surface area contributed by atoms with Gasteiger partial charge in [0.2, 0.25) is 0 Å². The van der Waals surface area contributed by atoms with Crippen LogP contribution in [0.15, 0.2) is 176 Å². The van der Waals surface area contributed by atoms with Crippen molar-refractivity contribution in [1.82, 2.24) is 88.1 Å². The topological polar surface area (TPSA) is 229 Å². The molecule has 1 saturated carbocycles. The number of amides is 6. The second-order valence-corrected chi connectivity index (χ2v) is 36.2. The van der Waals surface area contributed by atoms with Crippen LogP contribution in [0.5, 0.6) is 0 Å². The molecule has 4 aromatic carbocycles. The molecule has 9 heterocycles. The fraction of sp³-hybridized carbons (Fsp3) is 0.368. The van der Waals surface area contributed by atoms with Crippen molar-refractivity contribution in [3.63, 3.8) is 0 Å². The van der Waals surface area contributed by atoms with E-state index in [-0.39, 0.29) is 71.7 Å². The van der Waals surface area contributed by atoms with Gasteiger partial charge in [0.15, 0.2) is 17.1 Å². The Hall–Kier alpha value is -13.2. The Morgan fingerprint density at radius 3 is 0.986 bits per heavy atom. The molecule has 1 fully saturated rings. The third-order valence-electron chi connectivity index (χ3n) is 20.6. The Balaban J connectivity index is 0.000000188. The number of aryl methyl sites for hydroxylation is 4. The predicted octanol–water partition coefficient (Wildman–Crippen LogP) is 23.6. The maximum absolute atomic E-state index is 13.4. The van der Waals surface area contributed by atoms with Gasteiger partial charge in [-0.25, -0.2) is 4.68 Å². The number of carbonyl (C=O) groups is 6. The van der Waals surface area contributed by atoms with Crippen LogP contribution in [0.1, 0.15) is 179 Å². The Morgan fingerprint density at radius 1 is 0.307 bits per heavy atom. The Bertz CT molecular complexity index is 6330. The van der Waals surface area contributed by atoms with Gasteiger partial charge in [-0.3, -0.25) is 52.2 Å². The van der Waals surface area contributed by atoms with Crippen LogP contribution in [0.3, 0.4) is 0 Å². The van der Waals surface area contributed by atoms with Crippen LogP contribution in [0, 0.1) is 0 Å². The van der Waals surface area contributed by atoms with E-state index in [0.29, 0.717) is 124 Å². The Morgan fingerprint density at radius 2 is 0.614 bits per heavy atom. The molecule has 0 saturated heterocycles. The van der Waals surface area contributed by atoms with E-state index < -0.39 is 71.2 Å². The highest BCUT2D eigenvalue weighted by molar-refractivity contribution is 7.18. The molecular weight excluding hydrogens is 1930 g/mol. The SMILES string of the molecule is CCCn1nc(-c2ccc(C(=O)N(C)C)cc2)cc1C(F)(F)F.CCCn1nc(-c2ccc(C(=O)N(C)C)s2)cc1C(F)(F)F.CCCn1nc(C(F)(F)F)cc1-c1ccc(C(=O)N(C)C)cc1.CCCn1nc(C(F)(F)F)cc1-c1ccc(C(=O)N(C)C)s1.CN(C)C(=O)c1ccc(-c2cc(C(F)(F)F)n(C3CCCC3)n2)s1.CN(C)C(=O)c1ccc(-c2cc(C(F)(F)F)nn2-c2ccccc2)cc1. The van der Waals surface area contributed by atoms with E-state index in [0.717, 1.165) is 98.8 Å². The van der Waals surface area contributed by atoms with Crippen molar-refractivity contribution in [2.24, 2.45) is 0 Å². The summed E-state index contributed by atoms with van der Waals surface area (Å²) < 4.78 is 242. The van der Waals surface area contributed by atoms with Crippen LogP contribution in [0.4, 0.5) is 79.0 Å². The van der Waals surface area contributed by atoms with Gasteiger partial charge >= 0.3 is 37.1 Å². The lowest BCUT2D eigenvalue weighted by Crippen LogP contribution is -2.21. The molecule has 0 N–H and O–H groups in total. The molecule has 1 aliphatic carbocycles. The van der Waals surface area contributed by atoms with Gasteiger partial charge in [-0.1, -0.05) is 95.1 Å². The van der Waals surface area contributed by atoms with Crippen molar-refractivity contribution in [1.29, 1.82) is 0 Å². The van der Waals surface area contributed by atoms with E-state index in [1.54, 1.807) is 238 Å². The van der Waals surface area contributed by atoms with E-state index in [9.17, 15) is 108 Å². The second kappa shape index (κ2) is 46.7. The van der Waals surface area contributed by atoms with E-state index in [1.165, 1.54) is 54.8 Å². The molecule has 140 heavy (non-hydrogen) atoms. The number of hydrogen-bond donors (Lipinski definition) is 0. The quantitative estimate of drug-likeness (QED) is 0.0577. The summed E-state index contributed by atoms with van der Waals surface area (Å²) in [5, 5.41) is 23.3. The summed E-state index contributed by atoms with van der Waals surface area (Å²) in [6.07, 6.45) is -21.1. The summed E-state index contributed by atoms with van der Waals surface area (Å²) in [6, 6.07) is 43.7. The molecule has 24 nitrogen and oxygen atoms in total. The number of halogens is 18. The van der Waals surface area contributed by atoms with Gasteiger partial charge < -0.3 is 29.4 Å². The fourth-order valence-corrected chi connectivity index (χ4v) is 16.8. The first kappa shape index (κ1) is 110. The minimum absolute atomic E-state index is 0.158. The predicted molar refractivity (Wildman–Crippen MR) is 498 cm³/mol. The highest BCUT2D eigenvalue weighted by atomic mass is 32.1. The Labute approximate surface area is 806 Å². The third-order valence-corrected chi connectivity index (χ3v) is 23.9. The molecule has 14 rings (SSSR count). The van der Waals surface area contributed by atoms with Crippen LogP contribution < -0.4 is 0 Å². The van der Waals surface area contributed by atoms with Crippen molar-refractivity contribution in [2.75, 3.05) is 84.6 Å². The number of benzene rings is 4. The normalized spacial score (nSPS) is 12.3. The fourth-order valence-electron chi connectivity index (χ4n) is 13.8. The molecule has 1 aliphatic rings. The average Bonchev–Trinajstić information content (AvgIpc) is 1.64. The third kappa shape index (κ3) is 28.6. The Kier molecular flexibility index (Phi) is 36.8. The number of alkyl halides is 18. The molecule has 752 valence electrons. The van der Waals surface area contributed by atoms with Gasteiger partial charge in [0.05, 0.1) is 63.8 Å². The number of hydrogen-bond acceptors (Lipinski definition) is 15. The maximum Gasteiger partial charge on any atom is 0.435 e. The molecule has 6 amide bonds. The van der Waals surface area contributed by atoms with Crippen LogP contribution >= 0.6 is 34.0 Å². The smallest absolute Gasteiger partial charge is 0.345 e. The number of rotatable bonds is 22. The minimum Gasteiger partial charge on any atom is -0.345 e. The highest BCUT2D eigenvalue weighted by Gasteiger charge is 2.42. The van der Waals surface area contributed by atoms with Crippen LogP contribution in [-0.2, 0) is 63.2 Å². The van der Waals surface area contributed by atoms with Gasteiger partial charge in [0.1, 0.15) is 28.5 Å². The monoisotopic (exact) mass is 2030 g/mol. The maximum atomic E-state index is 13.4. The number of thiophene rings is 3. The first-order valence-corrected chi connectivity index (χ1v) is 45.9. The van der Waals surface area contributed by atoms with Crippen LogP contribution in [-0.4, -0.2) is 208 Å². The zero-order valence-electron chi connectivity index (χ0n) is 78.8. The second-order valence-electron chi connectivity index (χ2n) is 32.9. The first-order chi connectivity index (χ1) is 65.5. The summed E-state index contributed by atoms with van der Waals surface area (Å²) in [5.41, 5.74) is 0.418. The zero-order chi connectivity index (χ0) is 104. The molecule has 0 radical (unpaired) electrons. The summed E-state index contributed by atoms with van der Waals surface area (Å²) in [6.45, 7) is 8.51. The molecule has 45 heteroatoms. The number of aromatic nitrogens is 12. The molecule has 0 atom stereocenters. The standard InChI is InChI=1S/C19H16F3N3O.C16H18F3N3OS.2C16H18F3N3O.2C14H16F3N3OS/c1-24(2)18(26)14-10-8-13(9-11-14)16-12-17(19(20,21)22)23-25(16)15-6-4-3-5-7-15;1-21(2)15(23)13-8-7-12(24-13)11-9-14(16(17,18)19)22(20-11)10-5-3-4-6-10;1-4-9-22-13(10-14(20-22)16(17,18)19)11-5-7-12(8-6-11)15(23)21(2)3;1-4-9-22-14(16(17,18)19)10-13(20-22)11-5-7-12(8-6-11)15(23)21(2)3;1-4-7-20-9(8-12(18-20)14(15,16)17)10-5-6-11(22-10)13(21)19(2)3;1-4-7-20-12(14(15,16)17)8-9(18-20)10-5-6-11(22-10)13(21)19(2)3/h3-12H,1-2H3;7-10H,3-6H2,1-2H3;2*5-8,10H,4,9H2,1-3H3;2*5-6,8H,4,7H2,1-3H3. The first-order valence-electron chi connectivity index (χ1n) is 43.4. The summed E-state index contributed by atoms with van der Waals surface area (Å²) >= 11 is 3.47. The van der Waals surface area contributed by atoms with Crippen LogP contribution in [0.2, 0.25) is 0 Å². The molecular formula is C95H102F18N18O6S3.